The fraction of sp³-hybridized carbons (Fsp3) is 0.526. The molecule has 2 aromatic heterocycles. The molecule has 2 aliphatic heterocycles. The van der Waals surface area contributed by atoms with Gasteiger partial charge in [-0.25, -0.2) is 4.79 Å². The van der Waals surface area contributed by atoms with Gasteiger partial charge in [-0.3, -0.25) is 14.4 Å². The van der Waals surface area contributed by atoms with Gasteiger partial charge < -0.3 is 14.4 Å². The first-order valence-corrected chi connectivity index (χ1v) is 9.45. The average molecular weight is 428 g/mol. The molecule has 30 heavy (non-hydrogen) atoms. The largest absolute Gasteiger partial charge is 0.490 e. The van der Waals surface area contributed by atoms with Crippen LogP contribution in [-0.2, 0) is 18.4 Å². The number of aromatic nitrogens is 2. The number of carbonyl (C=O) groups is 2. The molecule has 1 amide bonds. The lowest BCUT2D eigenvalue weighted by atomic mass is 10.1. The van der Waals surface area contributed by atoms with Gasteiger partial charge in [-0.1, -0.05) is 0 Å². The quantitative estimate of drug-likeness (QED) is 0.808. The van der Waals surface area contributed by atoms with Crippen LogP contribution in [0.2, 0.25) is 0 Å². The molecule has 2 fully saturated rings. The molecule has 1 N–H and O–H groups in total. The molecule has 2 aliphatic rings. The molecule has 4 heterocycles. The number of furan rings is 1. The van der Waals surface area contributed by atoms with Gasteiger partial charge in [0.25, 0.3) is 5.91 Å². The van der Waals surface area contributed by atoms with Crippen LogP contribution >= 0.6 is 0 Å². The number of fused-ring (bicyclic) bond motifs is 1. The van der Waals surface area contributed by atoms with Crippen molar-refractivity contribution < 1.29 is 32.3 Å². The number of aliphatic carboxylic acids is 1. The number of hydrogen-bond acceptors (Lipinski definition) is 5. The highest BCUT2D eigenvalue weighted by Crippen LogP contribution is 2.33. The van der Waals surface area contributed by atoms with E-state index in [1.165, 1.54) is 0 Å². The third-order valence-corrected chi connectivity index (χ3v) is 5.30. The van der Waals surface area contributed by atoms with Gasteiger partial charge >= 0.3 is 12.1 Å². The first-order chi connectivity index (χ1) is 14.1. The number of amides is 1. The number of rotatable bonds is 3. The molecule has 0 aliphatic carbocycles. The van der Waals surface area contributed by atoms with Crippen molar-refractivity contribution in [2.45, 2.75) is 44.6 Å². The standard InChI is InChI=1S/C17H22N4O2.C2HF3O2/c1-12-3-4-14(23-12)11-20-7-5-16-15(20)6-8-21(16)17(22)13-9-18-19(2)10-13;3-2(4,5)1(6)7/h3-4,9-10,15-16H,5-8,11H2,1-2H3;(H,6,7)/t15-,16+;/m1./s1. The fourth-order valence-corrected chi connectivity index (χ4v) is 3.99. The average Bonchev–Trinajstić information content (AvgIpc) is 3.41. The van der Waals surface area contributed by atoms with Crippen LogP contribution in [0.25, 0.3) is 0 Å². The minimum Gasteiger partial charge on any atom is -0.475 e. The van der Waals surface area contributed by atoms with E-state index in [0.717, 1.165) is 44.0 Å². The van der Waals surface area contributed by atoms with E-state index in [0.29, 0.717) is 17.6 Å². The Morgan fingerprint density at radius 1 is 1.23 bits per heavy atom. The fourth-order valence-electron chi connectivity index (χ4n) is 3.99. The summed E-state index contributed by atoms with van der Waals surface area (Å²) in [5.74, 6) is -0.676. The first-order valence-electron chi connectivity index (χ1n) is 9.45. The van der Waals surface area contributed by atoms with Crippen molar-refractivity contribution in [3.63, 3.8) is 0 Å². The van der Waals surface area contributed by atoms with Gasteiger partial charge in [0.05, 0.1) is 18.3 Å². The maximum atomic E-state index is 12.7. The second kappa shape index (κ2) is 8.50. The number of nitrogens with zero attached hydrogens (tertiary/aromatic N) is 4. The predicted octanol–water partition coefficient (Wildman–Crippen LogP) is 2.44. The summed E-state index contributed by atoms with van der Waals surface area (Å²) in [5.41, 5.74) is 0.688. The summed E-state index contributed by atoms with van der Waals surface area (Å²) < 4.78 is 39.1. The van der Waals surface area contributed by atoms with Gasteiger partial charge in [0.15, 0.2) is 0 Å². The number of hydrogen-bond donors (Lipinski definition) is 1. The zero-order chi connectivity index (χ0) is 22.1. The molecule has 11 heteroatoms. The topological polar surface area (TPSA) is 91.8 Å². The summed E-state index contributed by atoms with van der Waals surface area (Å²) in [6, 6.07) is 4.83. The lowest BCUT2D eigenvalue weighted by Gasteiger charge is -2.25. The highest BCUT2D eigenvalue weighted by Gasteiger charge is 2.44. The number of aryl methyl sites for hydroxylation is 2. The van der Waals surface area contributed by atoms with E-state index in [4.69, 9.17) is 14.3 Å². The Bertz CT molecular complexity index is 908. The van der Waals surface area contributed by atoms with Crippen molar-refractivity contribution in [3.05, 3.63) is 41.6 Å². The summed E-state index contributed by atoms with van der Waals surface area (Å²) in [6.07, 6.45) is 0.453. The summed E-state index contributed by atoms with van der Waals surface area (Å²) in [6.45, 7) is 4.66. The first kappa shape index (κ1) is 21.9. The maximum Gasteiger partial charge on any atom is 0.490 e. The maximum absolute atomic E-state index is 12.7. The van der Waals surface area contributed by atoms with E-state index in [9.17, 15) is 18.0 Å². The molecule has 0 radical (unpaired) electrons. The van der Waals surface area contributed by atoms with E-state index >= 15 is 0 Å². The van der Waals surface area contributed by atoms with E-state index in [-0.39, 0.29) is 5.91 Å². The van der Waals surface area contributed by atoms with Gasteiger partial charge in [0, 0.05) is 38.4 Å². The van der Waals surface area contributed by atoms with Crippen LogP contribution in [0, 0.1) is 6.92 Å². The molecule has 2 aromatic rings. The molecule has 0 unspecified atom stereocenters. The molecule has 0 saturated carbocycles. The number of carboxylic acid groups (broad SMARTS) is 1. The summed E-state index contributed by atoms with van der Waals surface area (Å²) in [4.78, 5) is 26.1. The predicted molar refractivity (Wildman–Crippen MR) is 98.6 cm³/mol. The molecule has 2 atom stereocenters. The Kier molecular flexibility index (Phi) is 6.20. The molecule has 0 bridgehead atoms. The smallest absolute Gasteiger partial charge is 0.475 e. The summed E-state index contributed by atoms with van der Waals surface area (Å²) in [7, 11) is 1.84. The van der Waals surface area contributed by atoms with Gasteiger partial charge in [-0.05, 0) is 31.9 Å². The molecule has 0 spiro atoms. The normalized spacial score (nSPS) is 21.3. The van der Waals surface area contributed by atoms with Gasteiger partial charge in [-0.2, -0.15) is 18.3 Å². The van der Waals surface area contributed by atoms with E-state index < -0.39 is 12.1 Å². The highest BCUT2D eigenvalue weighted by molar-refractivity contribution is 5.94. The molecule has 164 valence electrons. The van der Waals surface area contributed by atoms with Crippen LogP contribution in [0.3, 0.4) is 0 Å². The van der Waals surface area contributed by atoms with Crippen LogP contribution in [0.4, 0.5) is 13.2 Å². The zero-order valence-corrected chi connectivity index (χ0v) is 16.6. The highest BCUT2D eigenvalue weighted by atomic mass is 19.4. The second-order valence-electron chi connectivity index (χ2n) is 7.40. The Labute approximate surface area is 170 Å². The SMILES string of the molecule is Cc1ccc(CN2CC[C@H]3[C@H]2CCN3C(=O)c2cnn(C)c2)o1.O=C(O)C(F)(F)F. The minimum absolute atomic E-state index is 0.112. The van der Waals surface area contributed by atoms with E-state index in [1.54, 1.807) is 17.1 Å². The molecular formula is C19H23F3N4O4. The van der Waals surface area contributed by atoms with Gasteiger partial charge in [0.1, 0.15) is 11.5 Å². The summed E-state index contributed by atoms with van der Waals surface area (Å²) >= 11 is 0. The van der Waals surface area contributed by atoms with E-state index in [2.05, 4.69) is 16.1 Å². The Hall–Kier alpha value is -2.82. The van der Waals surface area contributed by atoms with Crippen molar-refractivity contribution in [2.24, 2.45) is 7.05 Å². The second-order valence-corrected chi connectivity index (χ2v) is 7.40. The van der Waals surface area contributed by atoms with Crippen LogP contribution in [0.5, 0.6) is 0 Å². The molecular weight excluding hydrogens is 405 g/mol. The van der Waals surface area contributed by atoms with Gasteiger partial charge in [0.2, 0.25) is 0 Å². The number of likely N-dealkylation sites (tertiary alicyclic amines) is 2. The molecule has 8 nitrogen and oxygen atoms in total. The van der Waals surface area contributed by atoms with Gasteiger partial charge in [-0.15, -0.1) is 0 Å². The number of carbonyl (C=O) groups excluding carboxylic acids is 1. The Morgan fingerprint density at radius 3 is 2.43 bits per heavy atom. The molecule has 4 rings (SSSR count). The number of halogens is 3. The van der Waals surface area contributed by atoms with Crippen molar-refractivity contribution in [1.29, 1.82) is 0 Å². The van der Waals surface area contributed by atoms with Crippen molar-refractivity contribution >= 4 is 11.9 Å². The minimum atomic E-state index is -5.08. The Morgan fingerprint density at radius 2 is 1.90 bits per heavy atom. The van der Waals surface area contributed by atoms with Crippen molar-refractivity contribution in [3.8, 4) is 0 Å². The van der Waals surface area contributed by atoms with Crippen LogP contribution in [-0.4, -0.2) is 67.9 Å². The Balaban J connectivity index is 0.000000318. The monoisotopic (exact) mass is 428 g/mol. The molecule has 2 saturated heterocycles. The van der Waals surface area contributed by atoms with E-state index in [1.807, 2.05) is 24.9 Å². The lowest BCUT2D eigenvalue weighted by Crippen LogP contribution is -2.39. The third-order valence-electron chi connectivity index (χ3n) is 5.30. The van der Waals surface area contributed by atoms with Crippen LogP contribution in [0.1, 0.15) is 34.7 Å². The zero-order valence-electron chi connectivity index (χ0n) is 16.6. The van der Waals surface area contributed by atoms with Crippen LogP contribution in [0.15, 0.2) is 28.9 Å². The number of carboxylic acids is 1. The lowest BCUT2D eigenvalue weighted by molar-refractivity contribution is -0.192. The number of alkyl halides is 3. The summed E-state index contributed by atoms with van der Waals surface area (Å²) in [5, 5.41) is 11.2. The molecule has 0 aromatic carbocycles. The van der Waals surface area contributed by atoms with Crippen molar-refractivity contribution in [2.75, 3.05) is 13.1 Å². The van der Waals surface area contributed by atoms with Crippen LogP contribution < -0.4 is 0 Å². The van der Waals surface area contributed by atoms with Crippen molar-refractivity contribution in [1.82, 2.24) is 19.6 Å². The third kappa shape index (κ3) is 4.84.